The maximum absolute atomic E-state index is 12.3. The number of aromatic nitrogens is 1. The highest BCUT2D eigenvalue weighted by Crippen LogP contribution is 2.31. The number of carbonyl (C=O) groups is 1. The molecule has 1 N–H and O–H groups in total. The van der Waals surface area contributed by atoms with E-state index >= 15 is 0 Å². The second-order valence-electron chi connectivity index (χ2n) is 7.54. The lowest BCUT2D eigenvalue weighted by Crippen LogP contribution is -2.20. The Kier molecular flexibility index (Phi) is 6.09. The molecule has 3 aromatic carbocycles. The zero-order valence-corrected chi connectivity index (χ0v) is 19.2. The van der Waals surface area contributed by atoms with Gasteiger partial charge >= 0.3 is 0 Å². The molecule has 0 radical (unpaired) electrons. The number of carbonyl (C=O) groups excluding carboxylic acids is 1. The second kappa shape index (κ2) is 8.94. The summed E-state index contributed by atoms with van der Waals surface area (Å²) in [6.45, 7) is 6.05. The van der Waals surface area contributed by atoms with Crippen molar-refractivity contribution in [3.8, 4) is 17.2 Å². The van der Waals surface area contributed by atoms with Crippen molar-refractivity contribution in [2.24, 2.45) is 0 Å². The Morgan fingerprint density at radius 1 is 1.06 bits per heavy atom. The summed E-state index contributed by atoms with van der Waals surface area (Å²) in [6.07, 6.45) is 0.929. The van der Waals surface area contributed by atoms with E-state index in [9.17, 15) is 4.79 Å². The Labute approximate surface area is 189 Å². The predicted octanol–water partition coefficient (Wildman–Crippen LogP) is 6.45. The molecule has 0 bridgehead atoms. The molecule has 6 heteroatoms. The van der Waals surface area contributed by atoms with Gasteiger partial charge < -0.3 is 14.5 Å². The van der Waals surface area contributed by atoms with E-state index < -0.39 is 0 Å². The summed E-state index contributed by atoms with van der Waals surface area (Å²) in [5, 5.41) is 2.85. The Morgan fingerprint density at radius 2 is 1.77 bits per heavy atom. The van der Waals surface area contributed by atoms with Crippen LogP contribution in [0.5, 0.6) is 5.75 Å². The maximum Gasteiger partial charge on any atom is 0.262 e. The van der Waals surface area contributed by atoms with Crippen LogP contribution in [0.15, 0.2) is 63.5 Å². The molecule has 1 amide bonds. The average molecular weight is 479 g/mol. The number of fused-ring (bicyclic) bond motifs is 1. The summed E-state index contributed by atoms with van der Waals surface area (Å²) >= 11 is 3.56. The van der Waals surface area contributed by atoms with Crippen molar-refractivity contribution < 1.29 is 13.9 Å². The Hall–Kier alpha value is -3.12. The normalized spacial score (nSPS) is 11.0. The van der Waals surface area contributed by atoms with E-state index in [1.54, 1.807) is 0 Å². The molecule has 0 spiro atoms. The molecule has 158 valence electrons. The van der Waals surface area contributed by atoms with Crippen molar-refractivity contribution in [1.82, 2.24) is 4.98 Å². The van der Waals surface area contributed by atoms with Crippen LogP contribution >= 0.6 is 15.9 Å². The molecule has 0 aliphatic heterocycles. The second-order valence-corrected chi connectivity index (χ2v) is 8.39. The molecule has 4 aromatic rings. The number of oxazole rings is 1. The van der Waals surface area contributed by atoms with E-state index in [1.165, 1.54) is 5.56 Å². The molecule has 31 heavy (non-hydrogen) atoms. The van der Waals surface area contributed by atoms with E-state index in [4.69, 9.17) is 9.15 Å². The molecule has 5 nitrogen and oxygen atoms in total. The first-order valence-electron chi connectivity index (χ1n) is 10.1. The fourth-order valence-corrected chi connectivity index (χ4v) is 4.01. The molecule has 4 rings (SSSR count). The van der Waals surface area contributed by atoms with Crippen LogP contribution in [-0.4, -0.2) is 17.5 Å². The number of aryl methyl sites for hydroxylation is 3. The number of nitrogens with one attached hydrogen (secondary N) is 1. The number of benzene rings is 3. The summed E-state index contributed by atoms with van der Waals surface area (Å²) in [5.41, 5.74) is 6.47. The van der Waals surface area contributed by atoms with Gasteiger partial charge in [0.15, 0.2) is 12.2 Å². The Morgan fingerprint density at radius 3 is 2.45 bits per heavy atom. The minimum absolute atomic E-state index is 0.0520. The molecule has 1 heterocycles. The Bertz CT molecular complexity index is 1230. The molecule has 0 aliphatic carbocycles. The van der Waals surface area contributed by atoms with Gasteiger partial charge in [-0.25, -0.2) is 4.98 Å². The van der Waals surface area contributed by atoms with E-state index in [-0.39, 0.29) is 12.5 Å². The topological polar surface area (TPSA) is 64.4 Å². The molecule has 0 atom stereocenters. The standard InChI is InChI=1S/C25H23BrN2O3/c1-4-17-12-21(26)24-22(13-17)28-25(31-24)18-5-7-19(8-6-18)27-23(29)14-30-20-10-15(2)9-16(3)11-20/h5-13H,4,14H2,1-3H3,(H,27,29). The van der Waals surface area contributed by atoms with E-state index in [0.29, 0.717) is 17.3 Å². The van der Waals surface area contributed by atoms with Crippen LogP contribution in [0, 0.1) is 13.8 Å². The number of nitrogens with zero attached hydrogens (tertiary/aromatic N) is 1. The minimum Gasteiger partial charge on any atom is -0.484 e. The van der Waals surface area contributed by atoms with Crippen molar-refractivity contribution in [2.75, 3.05) is 11.9 Å². The molecular formula is C25H23BrN2O3. The first kappa shape index (κ1) is 21.1. The highest BCUT2D eigenvalue weighted by Gasteiger charge is 2.12. The Balaban J connectivity index is 1.42. The van der Waals surface area contributed by atoms with Crippen LogP contribution in [0.1, 0.15) is 23.6 Å². The monoisotopic (exact) mass is 478 g/mol. The van der Waals surface area contributed by atoms with Crippen LogP contribution in [0.25, 0.3) is 22.6 Å². The number of ether oxygens (including phenoxy) is 1. The van der Waals surface area contributed by atoms with Crippen molar-refractivity contribution in [2.45, 2.75) is 27.2 Å². The zero-order valence-electron chi connectivity index (χ0n) is 17.7. The first-order valence-corrected chi connectivity index (χ1v) is 10.9. The number of hydrogen-bond acceptors (Lipinski definition) is 4. The van der Waals surface area contributed by atoms with Crippen LogP contribution < -0.4 is 10.1 Å². The molecule has 1 aromatic heterocycles. The summed E-state index contributed by atoms with van der Waals surface area (Å²) in [7, 11) is 0. The van der Waals surface area contributed by atoms with E-state index in [1.807, 2.05) is 56.3 Å². The van der Waals surface area contributed by atoms with Gasteiger partial charge in [-0.3, -0.25) is 4.79 Å². The van der Waals surface area contributed by atoms with Gasteiger partial charge in [0.25, 0.3) is 5.91 Å². The van der Waals surface area contributed by atoms with Gasteiger partial charge in [-0.05, 0) is 101 Å². The summed E-state index contributed by atoms with van der Waals surface area (Å²) in [6, 6.07) is 17.4. The van der Waals surface area contributed by atoms with Crippen molar-refractivity contribution in [3.63, 3.8) is 0 Å². The van der Waals surface area contributed by atoms with Gasteiger partial charge in [0, 0.05) is 11.3 Å². The lowest BCUT2D eigenvalue weighted by Gasteiger charge is -2.09. The van der Waals surface area contributed by atoms with Gasteiger partial charge in [-0.2, -0.15) is 0 Å². The van der Waals surface area contributed by atoms with Gasteiger partial charge in [-0.15, -0.1) is 0 Å². The van der Waals surface area contributed by atoms with Gasteiger partial charge in [0.05, 0.1) is 4.47 Å². The lowest BCUT2D eigenvalue weighted by atomic mass is 10.1. The molecule has 0 fully saturated rings. The van der Waals surface area contributed by atoms with Crippen LogP contribution in [0.4, 0.5) is 5.69 Å². The fourth-order valence-electron chi connectivity index (χ4n) is 3.43. The highest BCUT2D eigenvalue weighted by atomic mass is 79.9. The third kappa shape index (κ3) is 4.97. The first-order chi connectivity index (χ1) is 14.9. The third-order valence-corrected chi connectivity index (χ3v) is 5.48. The molecule has 0 unspecified atom stereocenters. The zero-order chi connectivity index (χ0) is 22.0. The number of anilines is 1. The number of hydrogen-bond donors (Lipinski definition) is 1. The van der Waals surface area contributed by atoms with Crippen molar-refractivity contribution >= 4 is 38.6 Å². The molecule has 0 saturated carbocycles. The quantitative estimate of drug-likeness (QED) is 0.345. The van der Waals surface area contributed by atoms with Gasteiger partial charge in [0.2, 0.25) is 5.89 Å². The third-order valence-electron chi connectivity index (χ3n) is 4.89. The molecule has 0 aliphatic rings. The van der Waals surface area contributed by atoms with Crippen molar-refractivity contribution in [1.29, 1.82) is 0 Å². The summed E-state index contributed by atoms with van der Waals surface area (Å²) in [4.78, 5) is 16.9. The minimum atomic E-state index is -0.218. The van der Waals surface area contributed by atoms with Gasteiger partial charge in [0.1, 0.15) is 11.3 Å². The highest BCUT2D eigenvalue weighted by molar-refractivity contribution is 9.10. The molecular weight excluding hydrogens is 456 g/mol. The van der Waals surface area contributed by atoms with E-state index in [2.05, 4.69) is 45.3 Å². The van der Waals surface area contributed by atoms with Crippen LogP contribution in [0.3, 0.4) is 0 Å². The lowest BCUT2D eigenvalue weighted by molar-refractivity contribution is -0.118. The van der Waals surface area contributed by atoms with E-state index in [0.717, 1.165) is 38.7 Å². The summed E-state index contributed by atoms with van der Waals surface area (Å²) < 4.78 is 12.5. The number of rotatable bonds is 6. The van der Waals surface area contributed by atoms with Gasteiger partial charge in [-0.1, -0.05) is 13.0 Å². The predicted molar refractivity (Wildman–Crippen MR) is 127 cm³/mol. The number of amides is 1. The van der Waals surface area contributed by atoms with Crippen LogP contribution in [0.2, 0.25) is 0 Å². The van der Waals surface area contributed by atoms with Crippen molar-refractivity contribution in [3.05, 3.63) is 75.8 Å². The number of halogens is 1. The van der Waals surface area contributed by atoms with Crippen LogP contribution in [-0.2, 0) is 11.2 Å². The average Bonchev–Trinajstić information content (AvgIpc) is 3.17. The largest absolute Gasteiger partial charge is 0.484 e. The molecule has 0 saturated heterocycles. The smallest absolute Gasteiger partial charge is 0.262 e. The summed E-state index contributed by atoms with van der Waals surface area (Å²) in [5.74, 6) is 1.01. The fraction of sp³-hybridized carbons (Fsp3) is 0.200. The maximum atomic E-state index is 12.3. The SMILES string of the molecule is CCc1cc(Br)c2oc(-c3ccc(NC(=O)COc4cc(C)cc(C)c4)cc3)nc2c1.